The fourth-order valence-electron chi connectivity index (χ4n) is 11.2. The van der Waals surface area contributed by atoms with Crippen LogP contribution in [-0.4, -0.2) is 24.1 Å². The van der Waals surface area contributed by atoms with Gasteiger partial charge in [0, 0.05) is 49.6 Å². The molecule has 3 heterocycles. The number of hydrogen-bond donors (Lipinski definition) is 0. The first kappa shape index (κ1) is 38.6. The highest BCUT2D eigenvalue weighted by Crippen LogP contribution is 2.41. The summed E-state index contributed by atoms with van der Waals surface area (Å²) in [6.07, 6.45) is 0. The SMILES string of the molecule is c1ccc(-c2nc(-c3cccc4cc(-n5c6ccc(-n7c8ccccc8c8cc9ccccc9cc87)cc6c6cc7ccccc7cc65)ccc34)nc(-c3cc4ccccc4c4ccccc34)n2)cc1. The maximum atomic E-state index is 5.34. The molecule has 5 heteroatoms. The molecule has 70 heavy (non-hydrogen) atoms. The molecule has 0 aliphatic carbocycles. The largest absolute Gasteiger partial charge is 0.309 e. The number of aromatic nitrogens is 5. The molecule has 0 saturated heterocycles. The van der Waals surface area contributed by atoms with Gasteiger partial charge < -0.3 is 9.13 Å². The Kier molecular flexibility index (Phi) is 8.29. The highest BCUT2D eigenvalue weighted by Gasteiger charge is 2.21. The minimum atomic E-state index is 0.633. The van der Waals surface area contributed by atoms with Gasteiger partial charge in [0.2, 0.25) is 0 Å². The van der Waals surface area contributed by atoms with Gasteiger partial charge in [-0.3, -0.25) is 0 Å². The van der Waals surface area contributed by atoms with Gasteiger partial charge in [-0.15, -0.1) is 0 Å². The van der Waals surface area contributed by atoms with Crippen LogP contribution in [0, 0.1) is 0 Å². The average Bonchev–Trinajstić information content (AvgIpc) is 3.92. The van der Waals surface area contributed by atoms with Gasteiger partial charge in [0.1, 0.15) is 0 Å². The van der Waals surface area contributed by atoms with E-state index in [1.807, 2.05) is 18.2 Å². The van der Waals surface area contributed by atoms with Crippen molar-refractivity contribution in [2.24, 2.45) is 0 Å². The summed E-state index contributed by atoms with van der Waals surface area (Å²) in [7, 11) is 0. The highest BCUT2D eigenvalue weighted by atomic mass is 15.0. The summed E-state index contributed by atoms with van der Waals surface area (Å²) in [6.45, 7) is 0. The Morgan fingerprint density at radius 3 is 1.44 bits per heavy atom. The van der Waals surface area contributed by atoms with E-state index in [4.69, 9.17) is 15.0 Å². The van der Waals surface area contributed by atoms with Crippen molar-refractivity contribution in [3.05, 3.63) is 237 Å². The molecule has 0 spiro atoms. The Morgan fingerprint density at radius 2 is 0.714 bits per heavy atom. The maximum Gasteiger partial charge on any atom is 0.164 e. The summed E-state index contributed by atoms with van der Waals surface area (Å²) in [6, 6.07) is 85.4. The fraction of sp³-hybridized carbons (Fsp3) is 0. The van der Waals surface area contributed by atoms with E-state index in [1.165, 1.54) is 64.9 Å². The predicted molar refractivity (Wildman–Crippen MR) is 292 cm³/mol. The zero-order valence-corrected chi connectivity index (χ0v) is 37.8. The van der Waals surface area contributed by atoms with E-state index in [2.05, 4.69) is 228 Å². The van der Waals surface area contributed by atoms with Gasteiger partial charge in [-0.2, -0.15) is 0 Å². The van der Waals surface area contributed by atoms with Crippen molar-refractivity contribution in [1.29, 1.82) is 0 Å². The molecule has 0 radical (unpaired) electrons. The molecule has 0 saturated carbocycles. The summed E-state index contributed by atoms with van der Waals surface area (Å²) in [5.41, 5.74) is 9.78. The Hall–Kier alpha value is -9.45. The van der Waals surface area contributed by atoms with E-state index < -0.39 is 0 Å². The van der Waals surface area contributed by atoms with Crippen molar-refractivity contribution in [2.45, 2.75) is 0 Å². The summed E-state index contributed by atoms with van der Waals surface area (Å²) >= 11 is 0. The third-order valence-corrected chi connectivity index (χ3v) is 14.5. The van der Waals surface area contributed by atoms with E-state index in [0.717, 1.165) is 60.6 Å². The van der Waals surface area contributed by atoms with Crippen molar-refractivity contribution in [3.8, 4) is 45.5 Å². The molecule has 0 amide bonds. The fourth-order valence-corrected chi connectivity index (χ4v) is 11.2. The van der Waals surface area contributed by atoms with Gasteiger partial charge in [-0.1, -0.05) is 170 Å². The van der Waals surface area contributed by atoms with Crippen LogP contribution in [0.2, 0.25) is 0 Å². The third kappa shape index (κ3) is 5.88. The molecule has 324 valence electrons. The molecule has 5 nitrogen and oxygen atoms in total. The van der Waals surface area contributed by atoms with Gasteiger partial charge >= 0.3 is 0 Å². The van der Waals surface area contributed by atoms with Crippen LogP contribution in [0.15, 0.2) is 237 Å². The molecule has 0 atom stereocenters. The number of para-hydroxylation sites is 1. The number of hydrogen-bond acceptors (Lipinski definition) is 3. The first-order valence-corrected chi connectivity index (χ1v) is 23.8. The van der Waals surface area contributed by atoms with E-state index in [9.17, 15) is 0 Å². The van der Waals surface area contributed by atoms with Gasteiger partial charge in [-0.05, 0) is 121 Å². The first-order valence-electron chi connectivity index (χ1n) is 23.8. The lowest BCUT2D eigenvalue weighted by atomic mass is 9.96. The lowest BCUT2D eigenvalue weighted by Crippen LogP contribution is -2.01. The van der Waals surface area contributed by atoms with Crippen molar-refractivity contribution in [3.63, 3.8) is 0 Å². The first-order chi connectivity index (χ1) is 34.7. The third-order valence-electron chi connectivity index (χ3n) is 14.5. The normalized spacial score (nSPS) is 12.0. The predicted octanol–water partition coefficient (Wildman–Crippen LogP) is 16.8. The molecule has 12 aromatic carbocycles. The lowest BCUT2D eigenvalue weighted by molar-refractivity contribution is 1.08. The van der Waals surface area contributed by atoms with Crippen molar-refractivity contribution < 1.29 is 0 Å². The maximum absolute atomic E-state index is 5.34. The topological polar surface area (TPSA) is 48.5 Å². The van der Waals surface area contributed by atoms with Crippen LogP contribution in [0.4, 0.5) is 0 Å². The van der Waals surface area contributed by atoms with Crippen LogP contribution in [0.3, 0.4) is 0 Å². The molecule has 15 rings (SSSR count). The number of rotatable bonds is 5. The van der Waals surface area contributed by atoms with E-state index in [1.54, 1.807) is 0 Å². The smallest absolute Gasteiger partial charge is 0.164 e. The van der Waals surface area contributed by atoms with E-state index in [-0.39, 0.29) is 0 Å². The standard InChI is InChI=1S/C65H39N5/c1-2-15-40(16-3-1)63-66-64(68-65(67-63)58-36-46-21-8-9-23-49(46)51-24-10-11-25-52(51)58)54-27-14-22-45-33-47(29-31-50(45)54)69-60-32-30-48(39-57(60)56-35-42-18-5-7-20-44(42)38-62(56)69)70-59-28-13-12-26-53(59)55-34-41-17-4-6-19-43(41)37-61(55)70/h1-39H. The van der Waals surface area contributed by atoms with Gasteiger partial charge in [0.15, 0.2) is 17.5 Å². The second-order valence-corrected chi connectivity index (χ2v) is 18.4. The zero-order valence-electron chi connectivity index (χ0n) is 37.8. The van der Waals surface area contributed by atoms with Crippen LogP contribution in [0.25, 0.3) is 143 Å². The number of fused-ring (bicyclic) bond motifs is 12. The van der Waals surface area contributed by atoms with Crippen LogP contribution in [-0.2, 0) is 0 Å². The minimum Gasteiger partial charge on any atom is -0.309 e. The Labute approximate surface area is 401 Å². The molecule has 0 aliphatic heterocycles. The monoisotopic (exact) mass is 889 g/mol. The molecular weight excluding hydrogens is 851 g/mol. The molecule has 0 aliphatic rings. The van der Waals surface area contributed by atoms with Crippen LogP contribution >= 0.6 is 0 Å². The Bertz CT molecular complexity index is 4660. The molecule has 0 bridgehead atoms. The van der Waals surface area contributed by atoms with Crippen molar-refractivity contribution >= 4 is 97.5 Å². The van der Waals surface area contributed by atoms with Gasteiger partial charge in [0.25, 0.3) is 0 Å². The van der Waals surface area contributed by atoms with Gasteiger partial charge in [0.05, 0.1) is 22.1 Å². The van der Waals surface area contributed by atoms with Gasteiger partial charge in [-0.25, -0.2) is 15.0 Å². The number of benzene rings is 12. The quantitative estimate of drug-likeness (QED) is 0.162. The zero-order chi connectivity index (χ0) is 45.9. The second-order valence-electron chi connectivity index (χ2n) is 18.4. The second kappa shape index (κ2) is 15.0. The van der Waals surface area contributed by atoms with Crippen molar-refractivity contribution in [1.82, 2.24) is 24.1 Å². The highest BCUT2D eigenvalue weighted by molar-refractivity contribution is 6.17. The molecule has 0 unspecified atom stereocenters. The Morgan fingerprint density at radius 1 is 0.229 bits per heavy atom. The molecule has 0 fully saturated rings. The average molecular weight is 890 g/mol. The summed E-state index contributed by atoms with van der Waals surface area (Å²) < 4.78 is 4.88. The molecule has 3 aromatic heterocycles. The van der Waals surface area contributed by atoms with Crippen LogP contribution in [0.1, 0.15) is 0 Å². The molecule has 15 aromatic rings. The lowest BCUT2D eigenvalue weighted by Gasteiger charge is -2.14. The minimum absolute atomic E-state index is 0.633. The van der Waals surface area contributed by atoms with Crippen LogP contribution < -0.4 is 0 Å². The van der Waals surface area contributed by atoms with Crippen molar-refractivity contribution in [2.75, 3.05) is 0 Å². The molecular formula is C65H39N5. The van der Waals surface area contributed by atoms with E-state index in [0.29, 0.717) is 17.5 Å². The van der Waals surface area contributed by atoms with E-state index >= 15 is 0 Å². The summed E-state index contributed by atoms with van der Waals surface area (Å²) in [5.74, 6) is 1.91. The number of nitrogens with zero attached hydrogens (tertiary/aromatic N) is 5. The Balaban J connectivity index is 0.928. The molecule has 0 N–H and O–H groups in total. The summed E-state index contributed by atoms with van der Waals surface area (Å²) in [5, 5.41) is 16.6. The van der Waals surface area contributed by atoms with Crippen LogP contribution in [0.5, 0.6) is 0 Å². The summed E-state index contributed by atoms with van der Waals surface area (Å²) in [4.78, 5) is 15.8.